The molecule has 16 heavy (non-hydrogen) atoms. The first kappa shape index (κ1) is 12.7. The van der Waals surface area contributed by atoms with Gasteiger partial charge in [-0.2, -0.15) is 0 Å². The van der Waals surface area contributed by atoms with Crippen LogP contribution in [-0.2, 0) is 9.59 Å². The van der Waals surface area contributed by atoms with Gasteiger partial charge < -0.3 is 10.0 Å². The summed E-state index contributed by atoms with van der Waals surface area (Å²) in [6.45, 7) is 5.03. The van der Waals surface area contributed by atoms with Gasteiger partial charge in [0.15, 0.2) is 0 Å². The summed E-state index contributed by atoms with van der Waals surface area (Å²) in [6.07, 6.45) is 3.64. The smallest absolute Gasteiger partial charge is 0.303 e. The SMILES string of the molecule is C/C=C(/C)C(=O)N1CCC(CC(=O)O)CC1. The summed E-state index contributed by atoms with van der Waals surface area (Å²) in [7, 11) is 0. The van der Waals surface area contributed by atoms with E-state index in [1.165, 1.54) is 0 Å². The molecule has 0 saturated carbocycles. The quantitative estimate of drug-likeness (QED) is 0.743. The fourth-order valence-electron chi connectivity index (χ4n) is 1.96. The molecule has 0 radical (unpaired) electrons. The van der Waals surface area contributed by atoms with Gasteiger partial charge >= 0.3 is 5.97 Å². The summed E-state index contributed by atoms with van der Waals surface area (Å²) in [6, 6.07) is 0. The molecule has 1 aliphatic rings. The highest BCUT2D eigenvalue weighted by molar-refractivity contribution is 5.92. The molecule has 4 heteroatoms. The molecule has 0 atom stereocenters. The Morgan fingerprint density at radius 3 is 2.38 bits per heavy atom. The number of likely N-dealkylation sites (tertiary alicyclic amines) is 1. The second kappa shape index (κ2) is 5.68. The van der Waals surface area contributed by atoms with E-state index in [-0.39, 0.29) is 18.2 Å². The molecule has 1 saturated heterocycles. The lowest BCUT2D eigenvalue weighted by Gasteiger charge is -2.31. The van der Waals surface area contributed by atoms with E-state index in [1.54, 1.807) is 0 Å². The van der Waals surface area contributed by atoms with E-state index in [2.05, 4.69) is 0 Å². The lowest BCUT2D eigenvalue weighted by Crippen LogP contribution is -2.39. The fourth-order valence-corrected chi connectivity index (χ4v) is 1.96. The lowest BCUT2D eigenvalue weighted by atomic mass is 9.93. The van der Waals surface area contributed by atoms with Gasteiger partial charge in [0.05, 0.1) is 0 Å². The molecular formula is C12H19NO3. The van der Waals surface area contributed by atoms with Crippen LogP contribution in [-0.4, -0.2) is 35.0 Å². The number of allylic oxidation sites excluding steroid dienone is 1. The van der Waals surface area contributed by atoms with Crippen molar-refractivity contribution in [2.75, 3.05) is 13.1 Å². The molecule has 1 fully saturated rings. The predicted molar refractivity (Wildman–Crippen MR) is 61.0 cm³/mol. The maximum absolute atomic E-state index is 11.8. The average Bonchev–Trinajstić information content (AvgIpc) is 2.27. The van der Waals surface area contributed by atoms with Gasteiger partial charge in [0.25, 0.3) is 0 Å². The molecule has 0 aromatic rings. The molecule has 0 aromatic heterocycles. The van der Waals surface area contributed by atoms with E-state index in [1.807, 2.05) is 24.8 Å². The van der Waals surface area contributed by atoms with Crippen LogP contribution in [0.2, 0.25) is 0 Å². The molecule has 0 bridgehead atoms. The molecule has 1 N–H and O–H groups in total. The minimum Gasteiger partial charge on any atom is -0.481 e. The zero-order valence-electron chi connectivity index (χ0n) is 9.90. The Morgan fingerprint density at radius 2 is 1.94 bits per heavy atom. The summed E-state index contributed by atoms with van der Waals surface area (Å²) in [5, 5.41) is 8.68. The Balaban J connectivity index is 2.43. The standard InChI is InChI=1S/C12H19NO3/c1-3-9(2)12(16)13-6-4-10(5-7-13)8-11(14)15/h3,10H,4-8H2,1-2H3,(H,14,15)/b9-3-. The first-order valence-electron chi connectivity index (χ1n) is 5.68. The highest BCUT2D eigenvalue weighted by Crippen LogP contribution is 2.21. The van der Waals surface area contributed by atoms with E-state index >= 15 is 0 Å². The van der Waals surface area contributed by atoms with Crippen molar-refractivity contribution in [3.8, 4) is 0 Å². The van der Waals surface area contributed by atoms with Crippen molar-refractivity contribution in [2.24, 2.45) is 5.92 Å². The highest BCUT2D eigenvalue weighted by atomic mass is 16.4. The zero-order chi connectivity index (χ0) is 12.1. The van der Waals surface area contributed by atoms with E-state index in [0.717, 1.165) is 18.4 Å². The van der Waals surface area contributed by atoms with Crippen LogP contribution < -0.4 is 0 Å². The minimum absolute atomic E-state index is 0.0799. The molecule has 1 heterocycles. The Kier molecular flexibility index (Phi) is 4.52. The van der Waals surface area contributed by atoms with Gasteiger partial charge in [0.2, 0.25) is 5.91 Å². The molecule has 1 rings (SSSR count). The van der Waals surface area contributed by atoms with Crippen LogP contribution in [0.5, 0.6) is 0 Å². The van der Waals surface area contributed by atoms with E-state index in [9.17, 15) is 9.59 Å². The topological polar surface area (TPSA) is 57.6 Å². The van der Waals surface area contributed by atoms with Crippen LogP contribution in [0.25, 0.3) is 0 Å². The Labute approximate surface area is 95.9 Å². The number of hydrogen-bond donors (Lipinski definition) is 1. The third kappa shape index (κ3) is 3.36. The number of carboxylic acids is 1. The highest BCUT2D eigenvalue weighted by Gasteiger charge is 2.24. The summed E-state index contributed by atoms with van der Waals surface area (Å²) in [5.41, 5.74) is 0.761. The van der Waals surface area contributed by atoms with Gasteiger partial charge in [-0.05, 0) is 32.6 Å². The number of carboxylic acid groups (broad SMARTS) is 1. The number of hydrogen-bond acceptors (Lipinski definition) is 2. The maximum atomic E-state index is 11.8. The Hall–Kier alpha value is -1.32. The molecule has 0 spiro atoms. The third-order valence-electron chi connectivity index (χ3n) is 3.14. The van der Waals surface area contributed by atoms with Crippen molar-refractivity contribution in [2.45, 2.75) is 33.1 Å². The van der Waals surface area contributed by atoms with Crippen molar-refractivity contribution >= 4 is 11.9 Å². The Bertz CT molecular complexity index is 301. The van der Waals surface area contributed by atoms with Crippen LogP contribution >= 0.6 is 0 Å². The summed E-state index contributed by atoms with van der Waals surface area (Å²) in [5.74, 6) is -0.432. The van der Waals surface area contributed by atoms with Crippen molar-refractivity contribution in [1.29, 1.82) is 0 Å². The van der Waals surface area contributed by atoms with Crippen molar-refractivity contribution in [1.82, 2.24) is 4.90 Å². The number of carbonyl (C=O) groups excluding carboxylic acids is 1. The van der Waals surface area contributed by atoms with Gasteiger partial charge in [-0.1, -0.05) is 6.08 Å². The fraction of sp³-hybridized carbons (Fsp3) is 0.667. The van der Waals surface area contributed by atoms with Crippen molar-refractivity contribution < 1.29 is 14.7 Å². The molecule has 0 unspecified atom stereocenters. The molecule has 0 aliphatic carbocycles. The van der Waals surface area contributed by atoms with Crippen molar-refractivity contribution in [3.05, 3.63) is 11.6 Å². The second-order valence-electron chi connectivity index (χ2n) is 4.31. The lowest BCUT2D eigenvalue weighted by molar-refractivity contribution is -0.138. The second-order valence-corrected chi connectivity index (χ2v) is 4.31. The van der Waals surface area contributed by atoms with E-state index in [4.69, 9.17) is 5.11 Å². The Morgan fingerprint density at radius 1 is 1.38 bits per heavy atom. The van der Waals surface area contributed by atoms with Gasteiger partial charge in [-0.15, -0.1) is 0 Å². The maximum Gasteiger partial charge on any atom is 0.303 e. The van der Waals surface area contributed by atoms with Crippen LogP contribution in [0.15, 0.2) is 11.6 Å². The zero-order valence-corrected chi connectivity index (χ0v) is 9.90. The third-order valence-corrected chi connectivity index (χ3v) is 3.14. The van der Waals surface area contributed by atoms with Crippen LogP contribution in [0, 0.1) is 5.92 Å². The van der Waals surface area contributed by atoms with Gasteiger partial charge in [-0.3, -0.25) is 9.59 Å². The molecule has 90 valence electrons. The summed E-state index contributed by atoms with van der Waals surface area (Å²) in [4.78, 5) is 24.2. The summed E-state index contributed by atoms with van der Waals surface area (Å²) < 4.78 is 0. The van der Waals surface area contributed by atoms with Gasteiger partial charge in [-0.25, -0.2) is 0 Å². The van der Waals surface area contributed by atoms with Crippen LogP contribution in [0.1, 0.15) is 33.1 Å². The summed E-state index contributed by atoms with van der Waals surface area (Å²) >= 11 is 0. The number of nitrogens with zero attached hydrogens (tertiary/aromatic N) is 1. The van der Waals surface area contributed by atoms with Crippen LogP contribution in [0.4, 0.5) is 0 Å². The monoisotopic (exact) mass is 225 g/mol. The first-order valence-corrected chi connectivity index (χ1v) is 5.68. The van der Waals surface area contributed by atoms with Gasteiger partial charge in [0.1, 0.15) is 0 Å². The number of rotatable bonds is 3. The molecule has 0 aromatic carbocycles. The van der Waals surface area contributed by atoms with Gasteiger partial charge in [0, 0.05) is 25.1 Å². The van der Waals surface area contributed by atoms with Crippen molar-refractivity contribution in [3.63, 3.8) is 0 Å². The molecule has 4 nitrogen and oxygen atoms in total. The number of carbonyl (C=O) groups is 2. The molecule has 1 aliphatic heterocycles. The first-order chi connectivity index (χ1) is 7.54. The molecule has 1 amide bonds. The number of aliphatic carboxylic acids is 1. The van der Waals surface area contributed by atoms with E-state index in [0.29, 0.717) is 13.1 Å². The normalized spacial score (nSPS) is 18.6. The average molecular weight is 225 g/mol. The van der Waals surface area contributed by atoms with E-state index < -0.39 is 5.97 Å². The van der Waals surface area contributed by atoms with Crippen LogP contribution in [0.3, 0.4) is 0 Å². The minimum atomic E-state index is -0.741. The molecular weight excluding hydrogens is 206 g/mol. The number of amides is 1. The largest absolute Gasteiger partial charge is 0.481 e. The predicted octanol–water partition coefficient (Wildman–Crippen LogP) is 1.67. The number of piperidine rings is 1.